The summed E-state index contributed by atoms with van der Waals surface area (Å²) < 4.78 is 11.0. The first-order chi connectivity index (χ1) is 9.17. The molecule has 0 aliphatic heterocycles. The summed E-state index contributed by atoms with van der Waals surface area (Å²) in [5, 5.41) is 0. The molecule has 19 heavy (non-hydrogen) atoms. The van der Waals surface area contributed by atoms with E-state index in [9.17, 15) is 4.79 Å². The molecule has 0 aromatic heterocycles. The fourth-order valence-electron chi connectivity index (χ4n) is 1.34. The van der Waals surface area contributed by atoms with E-state index in [1.165, 1.54) is 6.08 Å². The van der Waals surface area contributed by atoms with Crippen LogP contribution in [0, 0.1) is 0 Å². The highest BCUT2D eigenvalue weighted by Crippen LogP contribution is 2.29. The van der Waals surface area contributed by atoms with E-state index in [0.29, 0.717) is 24.7 Å². The van der Waals surface area contributed by atoms with Crippen molar-refractivity contribution < 1.29 is 14.3 Å². The third kappa shape index (κ3) is 5.12. The van der Waals surface area contributed by atoms with Crippen molar-refractivity contribution in [1.29, 1.82) is 0 Å². The Kier molecular flexibility index (Phi) is 5.95. The van der Waals surface area contributed by atoms with Gasteiger partial charge >= 0.3 is 0 Å². The molecular formula is C15H17NO3. The lowest BCUT2D eigenvalue weighted by Crippen LogP contribution is -2.05. The topological polar surface area (TPSA) is 61.5 Å². The molecule has 0 unspecified atom stereocenters. The molecule has 1 aromatic carbocycles. The minimum atomic E-state index is -0.499. The van der Waals surface area contributed by atoms with E-state index in [0.717, 1.165) is 5.56 Å². The fourth-order valence-corrected chi connectivity index (χ4v) is 1.34. The molecule has 4 nitrogen and oxygen atoms in total. The molecule has 0 bridgehead atoms. The summed E-state index contributed by atoms with van der Waals surface area (Å²) in [7, 11) is 0. The SMILES string of the molecule is C=CCOc1ccc(/C=C/C(N)=O)cc1OCC=C. The largest absolute Gasteiger partial charge is 0.486 e. The number of nitrogens with two attached hydrogens (primary N) is 1. The molecule has 0 aliphatic carbocycles. The minimum absolute atomic E-state index is 0.368. The van der Waals surface area contributed by atoms with Crippen LogP contribution in [0.5, 0.6) is 11.5 Å². The number of hydrogen-bond acceptors (Lipinski definition) is 3. The lowest BCUT2D eigenvalue weighted by atomic mass is 10.2. The van der Waals surface area contributed by atoms with E-state index >= 15 is 0 Å². The second-order valence-electron chi connectivity index (χ2n) is 3.64. The first-order valence-corrected chi connectivity index (χ1v) is 5.76. The van der Waals surface area contributed by atoms with E-state index < -0.39 is 5.91 Å². The van der Waals surface area contributed by atoms with Crippen LogP contribution in [-0.4, -0.2) is 19.1 Å². The van der Waals surface area contributed by atoms with Crippen molar-refractivity contribution in [1.82, 2.24) is 0 Å². The van der Waals surface area contributed by atoms with Crippen LogP contribution < -0.4 is 15.2 Å². The van der Waals surface area contributed by atoms with Gasteiger partial charge in [-0.25, -0.2) is 0 Å². The van der Waals surface area contributed by atoms with Crippen molar-refractivity contribution >= 4 is 12.0 Å². The van der Waals surface area contributed by atoms with Gasteiger partial charge in [0.1, 0.15) is 13.2 Å². The molecule has 0 saturated heterocycles. The molecule has 0 fully saturated rings. The van der Waals surface area contributed by atoms with E-state index in [2.05, 4.69) is 13.2 Å². The second kappa shape index (κ2) is 7.76. The van der Waals surface area contributed by atoms with Gasteiger partial charge in [0.2, 0.25) is 5.91 Å². The third-order valence-electron chi connectivity index (χ3n) is 2.12. The van der Waals surface area contributed by atoms with Gasteiger partial charge in [0, 0.05) is 6.08 Å². The predicted octanol–water partition coefficient (Wildman–Crippen LogP) is 2.31. The van der Waals surface area contributed by atoms with Crippen molar-refractivity contribution in [3.05, 3.63) is 55.1 Å². The quantitative estimate of drug-likeness (QED) is 0.575. The Bertz CT molecular complexity index is 492. The second-order valence-corrected chi connectivity index (χ2v) is 3.64. The molecule has 0 spiro atoms. The van der Waals surface area contributed by atoms with Crippen LogP contribution >= 0.6 is 0 Å². The van der Waals surface area contributed by atoms with Crippen LogP contribution in [0.1, 0.15) is 5.56 Å². The van der Waals surface area contributed by atoms with Gasteiger partial charge in [-0.05, 0) is 23.8 Å². The van der Waals surface area contributed by atoms with Crippen LogP contribution in [0.25, 0.3) is 6.08 Å². The molecule has 100 valence electrons. The maximum atomic E-state index is 10.7. The maximum Gasteiger partial charge on any atom is 0.241 e. The summed E-state index contributed by atoms with van der Waals surface area (Å²) >= 11 is 0. The van der Waals surface area contributed by atoms with Crippen LogP contribution in [0.4, 0.5) is 0 Å². The van der Waals surface area contributed by atoms with Gasteiger partial charge in [-0.15, -0.1) is 0 Å². The number of carbonyl (C=O) groups is 1. The van der Waals surface area contributed by atoms with Crippen molar-refractivity contribution in [2.45, 2.75) is 0 Å². The van der Waals surface area contributed by atoms with Crippen molar-refractivity contribution in [3.8, 4) is 11.5 Å². The molecule has 4 heteroatoms. The van der Waals surface area contributed by atoms with E-state index in [1.807, 2.05) is 0 Å². The molecule has 0 aliphatic rings. The highest BCUT2D eigenvalue weighted by atomic mass is 16.5. The lowest BCUT2D eigenvalue weighted by Gasteiger charge is -2.11. The Morgan fingerprint density at radius 1 is 1.16 bits per heavy atom. The first kappa shape index (κ1) is 14.6. The number of ether oxygens (including phenoxy) is 2. The monoisotopic (exact) mass is 259 g/mol. The van der Waals surface area contributed by atoms with Gasteiger partial charge in [-0.3, -0.25) is 4.79 Å². The number of carbonyl (C=O) groups excluding carboxylic acids is 1. The van der Waals surface area contributed by atoms with E-state index in [1.54, 1.807) is 36.4 Å². The Hall–Kier alpha value is -2.49. The smallest absolute Gasteiger partial charge is 0.241 e. The van der Waals surface area contributed by atoms with Gasteiger partial charge in [0.05, 0.1) is 0 Å². The zero-order valence-corrected chi connectivity index (χ0v) is 10.7. The fraction of sp³-hybridized carbons (Fsp3) is 0.133. The average molecular weight is 259 g/mol. The van der Waals surface area contributed by atoms with E-state index in [4.69, 9.17) is 15.2 Å². The molecule has 0 atom stereocenters. The summed E-state index contributed by atoms with van der Waals surface area (Å²) in [6.45, 7) is 7.94. The number of hydrogen-bond donors (Lipinski definition) is 1. The molecule has 0 saturated carbocycles. The number of primary amides is 1. The maximum absolute atomic E-state index is 10.7. The lowest BCUT2D eigenvalue weighted by molar-refractivity contribution is -0.113. The van der Waals surface area contributed by atoms with Gasteiger partial charge in [0.25, 0.3) is 0 Å². The number of amides is 1. The normalized spacial score (nSPS) is 10.1. The van der Waals surface area contributed by atoms with Crippen molar-refractivity contribution in [2.75, 3.05) is 13.2 Å². The highest BCUT2D eigenvalue weighted by Gasteiger charge is 2.05. The Labute approximate surface area is 112 Å². The van der Waals surface area contributed by atoms with Crippen LogP contribution in [0.15, 0.2) is 49.6 Å². The van der Waals surface area contributed by atoms with Gasteiger partial charge in [-0.1, -0.05) is 31.4 Å². The molecule has 1 rings (SSSR count). The third-order valence-corrected chi connectivity index (χ3v) is 2.12. The zero-order chi connectivity index (χ0) is 14.1. The number of benzene rings is 1. The Balaban J connectivity index is 2.95. The molecule has 0 radical (unpaired) electrons. The molecule has 0 heterocycles. The molecule has 2 N–H and O–H groups in total. The van der Waals surface area contributed by atoms with Crippen LogP contribution in [0.3, 0.4) is 0 Å². The zero-order valence-electron chi connectivity index (χ0n) is 10.7. The molecule has 1 aromatic rings. The Morgan fingerprint density at radius 2 is 1.79 bits per heavy atom. The first-order valence-electron chi connectivity index (χ1n) is 5.76. The predicted molar refractivity (Wildman–Crippen MR) is 76.1 cm³/mol. The van der Waals surface area contributed by atoms with Gasteiger partial charge < -0.3 is 15.2 Å². The Morgan fingerprint density at radius 3 is 2.37 bits per heavy atom. The van der Waals surface area contributed by atoms with E-state index in [-0.39, 0.29) is 0 Å². The summed E-state index contributed by atoms with van der Waals surface area (Å²) in [5.74, 6) is 0.687. The minimum Gasteiger partial charge on any atom is -0.486 e. The average Bonchev–Trinajstić information content (AvgIpc) is 2.41. The standard InChI is InChI=1S/C15H17NO3/c1-3-9-18-13-7-5-12(6-8-15(16)17)11-14(13)19-10-4-2/h3-8,11H,1-2,9-10H2,(H2,16,17)/b8-6+. The summed E-state index contributed by atoms with van der Waals surface area (Å²) in [4.78, 5) is 10.7. The highest BCUT2D eigenvalue weighted by molar-refractivity contribution is 5.90. The molecule has 1 amide bonds. The van der Waals surface area contributed by atoms with Gasteiger partial charge in [0.15, 0.2) is 11.5 Å². The molecular weight excluding hydrogens is 242 g/mol. The summed E-state index contributed by atoms with van der Waals surface area (Å²) in [5.41, 5.74) is 5.84. The number of rotatable bonds is 8. The van der Waals surface area contributed by atoms with Crippen molar-refractivity contribution in [3.63, 3.8) is 0 Å². The summed E-state index contributed by atoms with van der Waals surface area (Å²) in [6.07, 6.45) is 6.19. The van der Waals surface area contributed by atoms with Gasteiger partial charge in [-0.2, -0.15) is 0 Å². The van der Waals surface area contributed by atoms with Crippen LogP contribution in [0.2, 0.25) is 0 Å². The summed E-state index contributed by atoms with van der Waals surface area (Å²) in [6, 6.07) is 5.34. The van der Waals surface area contributed by atoms with Crippen LogP contribution in [-0.2, 0) is 4.79 Å². The van der Waals surface area contributed by atoms with Crippen molar-refractivity contribution in [2.24, 2.45) is 5.73 Å².